The maximum Gasteiger partial charge on any atom is 0.201 e. The fourth-order valence-electron chi connectivity index (χ4n) is 6.50. The van der Waals surface area contributed by atoms with Gasteiger partial charge in [-0.2, -0.15) is 4.39 Å². The second-order valence-corrected chi connectivity index (χ2v) is 11.0. The van der Waals surface area contributed by atoms with Crippen LogP contribution in [0.25, 0.3) is 11.1 Å². The lowest BCUT2D eigenvalue weighted by atomic mass is 9.68. The number of ether oxygens (including phenoxy) is 1. The van der Waals surface area contributed by atoms with E-state index < -0.39 is 23.3 Å². The first kappa shape index (κ1) is 27.7. The lowest BCUT2D eigenvalue weighted by Crippen LogP contribution is -2.25. The maximum atomic E-state index is 15.2. The summed E-state index contributed by atoms with van der Waals surface area (Å²) in [6, 6.07) is 5.47. The quantitative estimate of drug-likeness (QED) is 0.238. The van der Waals surface area contributed by atoms with Crippen molar-refractivity contribution in [3.05, 3.63) is 65.2 Å². The van der Waals surface area contributed by atoms with Gasteiger partial charge in [0, 0.05) is 11.1 Å². The van der Waals surface area contributed by atoms with Gasteiger partial charge in [-0.25, -0.2) is 13.2 Å². The van der Waals surface area contributed by atoms with Crippen molar-refractivity contribution >= 4 is 0 Å². The van der Waals surface area contributed by atoms with Gasteiger partial charge in [0.05, 0.1) is 6.61 Å². The number of allylic oxidation sites excluding steroid dienone is 2. The lowest BCUT2D eigenvalue weighted by Gasteiger charge is -2.38. The molecule has 0 unspecified atom stereocenters. The summed E-state index contributed by atoms with van der Waals surface area (Å²) in [5.41, 5.74) is -0.204. The Balaban J connectivity index is 1.38. The molecule has 0 heterocycles. The Kier molecular flexibility index (Phi) is 9.72. The third-order valence-electron chi connectivity index (χ3n) is 8.66. The van der Waals surface area contributed by atoms with Crippen molar-refractivity contribution in [3.8, 4) is 16.9 Å². The van der Waals surface area contributed by atoms with Crippen molar-refractivity contribution in [2.24, 2.45) is 17.8 Å². The van der Waals surface area contributed by atoms with Gasteiger partial charge in [-0.15, -0.1) is 0 Å². The van der Waals surface area contributed by atoms with Gasteiger partial charge in [-0.3, -0.25) is 0 Å². The van der Waals surface area contributed by atoms with Crippen LogP contribution in [0.5, 0.6) is 5.75 Å². The molecular formula is C32H40F4O. The molecule has 2 aromatic carbocycles. The Morgan fingerprint density at radius 3 is 1.97 bits per heavy atom. The molecule has 4 rings (SSSR count). The number of halogens is 4. The molecule has 2 aromatic rings. The first-order valence-corrected chi connectivity index (χ1v) is 14.1. The van der Waals surface area contributed by atoms with Crippen LogP contribution in [0.3, 0.4) is 0 Å². The van der Waals surface area contributed by atoms with E-state index in [-0.39, 0.29) is 29.4 Å². The van der Waals surface area contributed by atoms with E-state index in [0.29, 0.717) is 17.9 Å². The molecule has 0 atom stereocenters. The minimum atomic E-state index is -1.23. The van der Waals surface area contributed by atoms with Crippen molar-refractivity contribution < 1.29 is 22.3 Å². The molecule has 0 spiro atoms. The predicted octanol–water partition coefficient (Wildman–Crippen LogP) is 10.1. The van der Waals surface area contributed by atoms with Crippen molar-refractivity contribution in [1.29, 1.82) is 0 Å². The third-order valence-corrected chi connectivity index (χ3v) is 8.66. The summed E-state index contributed by atoms with van der Waals surface area (Å²) in [4.78, 5) is 0. The molecule has 2 fully saturated rings. The van der Waals surface area contributed by atoms with E-state index in [1.165, 1.54) is 56.7 Å². The Bertz CT molecular complexity index is 1060. The van der Waals surface area contributed by atoms with E-state index >= 15 is 8.78 Å². The second kappa shape index (κ2) is 13.0. The lowest BCUT2D eigenvalue weighted by molar-refractivity contribution is 0.156. The van der Waals surface area contributed by atoms with Gasteiger partial charge in [0.2, 0.25) is 5.82 Å². The Morgan fingerprint density at radius 2 is 1.35 bits per heavy atom. The van der Waals surface area contributed by atoms with Crippen LogP contribution in [0.2, 0.25) is 0 Å². The van der Waals surface area contributed by atoms with Gasteiger partial charge in [0.1, 0.15) is 0 Å². The van der Waals surface area contributed by atoms with Crippen LogP contribution in [0, 0.1) is 41.0 Å². The predicted molar refractivity (Wildman–Crippen MR) is 142 cm³/mol. The fraction of sp³-hybridized carbons (Fsp3) is 0.562. The number of hydrogen-bond donors (Lipinski definition) is 0. The summed E-state index contributed by atoms with van der Waals surface area (Å²) >= 11 is 0. The first-order chi connectivity index (χ1) is 17.9. The van der Waals surface area contributed by atoms with E-state index in [1.54, 1.807) is 6.07 Å². The summed E-state index contributed by atoms with van der Waals surface area (Å²) in [5.74, 6) is -2.45. The Morgan fingerprint density at radius 1 is 0.757 bits per heavy atom. The van der Waals surface area contributed by atoms with Crippen molar-refractivity contribution in [2.75, 3.05) is 6.61 Å². The molecule has 0 radical (unpaired) electrons. The summed E-state index contributed by atoms with van der Waals surface area (Å²) < 4.78 is 64.7. The molecular weight excluding hydrogens is 476 g/mol. The number of benzene rings is 2. The Labute approximate surface area is 219 Å². The zero-order chi connectivity index (χ0) is 26.4. The van der Waals surface area contributed by atoms with Crippen molar-refractivity contribution in [3.63, 3.8) is 0 Å². The molecule has 1 nitrogen and oxygen atoms in total. The van der Waals surface area contributed by atoms with Gasteiger partial charge in [-0.1, -0.05) is 44.1 Å². The van der Waals surface area contributed by atoms with Gasteiger partial charge < -0.3 is 4.74 Å². The van der Waals surface area contributed by atoms with E-state index in [2.05, 4.69) is 19.1 Å². The van der Waals surface area contributed by atoms with Gasteiger partial charge >= 0.3 is 0 Å². The van der Waals surface area contributed by atoms with Crippen molar-refractivity contribution in [2.45, 2.75) is 90.4 Å². The highest BCUT2D eigenvalue weighted by Gasteiger charge is 2.33. The average Bonchev–Trinajstić information content (AvgIpc) is 2.92. The average molecular weight is 517 g/mol. The Hall–Kier alpha value is -2.30. The largest absolute Gasteiger partial charge is 0.490 e. The maximum absolute atomic E-state index is 15.2. The normalized spacial score (nSPS) is 24.5. The van der Waals surface area contributed by atoms with Crippen LogP contribution in [0.1, 0.15) is 96.0 Å². The second-order valence-electron chi connectivity index (χ2n) is 11.0. The van der Waals surface area contributed by atoms with Crippen LogP contribution in [-0.2, 0) is 0 Å². The third kappa shape index (κ3) is 6.41. The van der Waals surface area contributed by atoms with Gasteiger partial charge in [0.15, 0.2) is 23.2 Å². The zero-order valence-electron chi connectivity index (χ0n) is 22.2. The zero-order valence-corrected chi connectivity index (χ0v) is 22.2. The minimum absolute atomic E-state index is 0.0385. The molecule has 2 aliphatic carbocycles. The molecule has 37 heavy (non-hydrogen) atoms. The molecule has 0 saturated heterocycles. The highest BCUT2D eigenvalue weighted by atomic mass is 19.2. The van der Waals surface area contributed by atoms with E-state index in [4.69, 9.17) is 4.74 Å². The molecule has 2 saturated carbocycles. The molecule has 0 amide bonds. The number of rotatable bonds is 9. The van der Waals surface area contributed by atoms with Crippen LogP contribution in [0.15, 0.2) is 36.4 Å². The first-order valence-electron chi connectivity index (χ1n) is 14.1. The smallest absolute Gasteiger partial charge is 0.201 e. The summed E-state index contributed by atoms with van der Waals surface area (Å²) in [5, 5.41) is 0. The van der Waals surface area contributed by atoms with E-state index in [9.17, 15) is 8.78 Å². The summed E-state index contributed by atoms with van der Waals surface area (Å²) in [6.45, 7) is 4.17. The topological polar surface area (TPSA) is 9.23 Å². The van der Waals surface area contributed by atoms with Crippen LogP contribution in [-0.4, -0.2) is 6.61 Å². The minimum Gasteiger partial charge on any atom is -0.490 e. The monoisotopic (exact) mass is 516 g/mol. The highest BCUT2D eigenvalue weighted by molar-refractivity contribution is 5.66. The van der Waals surface area contributed by atoms with Crippen LogP contribution in [0.4, 0.5) is 17.6 Å². The summed E-state index contributed by atoms with van der Waals surface area (Å²) in [6.07, 6.45) is 16.5. The van der Waals surface area contributed by atoms with Crippen LogP contribution < -0.4 is 4.74 Å². The molecule has 0 aromatic heterocycles. The van der Waals surface area contributed by atoms with E-state index in [1.807, 2.05) is 6.92 Å². The molecule has 0 bridgehead atoms. The van der Waals surface area contributed by atoms with Crippen LogP contribution >= 0.6 is 0 Å². The number of hydrogen-bond acceptors (Lipinski definition) is 1. The molecule has 0 N–H and O–H groups in total. The standard InChI is InChI=1S/C32H40F4O/c1-3-5-6-7-21-8-10-22(11-9-21)23-12-14-24(15-13-23)25-16-17-26(30(34)29(25)33)27-18-19-28(37-20-4-2)32(36)31(27)35/h3,5,16-19,21-24H,4,6-15,20H2,1-2H3/b5-3+. The van der Waals surface area contributed by atoms with Gasteiger partial charge in [-0.05, 0) is 106 Å². The summed E-state index contributed by atoms with van der Waals surface area (Å²) in [7, 11) is 0. The highest BCUT2D eigenvalue weighted by Crippen LogP contribution is 2.45. The SMILES string of the molecule is C/C=C/CCC1CCC(C2CCC(c3ccc(-c4ccc(OCCC)c(F)c4F)c(F)c3F)CC2)CC1. The molecule has 2 aliphatic rings. The molecule has 0 aliphatic heterocycles. The molecule has 202 valence electrons. The fourth-order valence-corrected chi connectivity index (χ4v) is 6.50. The van der Waals surface area contributed by atoms with Crippen molar-refractivity contribution in [1.82, 2.24) is 0 Å². The van der Waals surface area contributed by atoms with E-state index in [0.717, 1.165) is 37.5 Å². The van der Waals surface area contributed by atoms with Gasteiger partial charge in [0.25, 0.3) is 0 Å². The molecule has 5 heteroatoms.